The highest BCUT2D eigenvalue weighted by Crippen LogP contribution is 2.44. The first-order valence-electron chi connectivity index (χ1n) is 19.7. The standard InChI is InChI=1S/C46H50N4O8/c1-3-5-21-40(49-46(56)58-28-39-37-19-10-8-17-35(37)36-18-9-11-20-38(36)39)45(55)57-29-41(44(54)47-33-23-22-30-14-6-7-15-31(30)25-33)48-43(53)32(13-4-2)26-42(52)50-24-12-16-34(50)27-51/h3-4,6-11,14-15,17-20,22-23,25,32,34,39-41,51H,1-2,5,12-13,16,21,24,26-29H2,(H,47,54)(H,48,53)(H,49,56)/t32-,34+,40+,41+/m1/s1. The highest BCUT2D eigenvalue weighted by molar-refractivity contribution is 6.00. The van der Waals surface area contributed by atoms with Crippen LogP contribution in [0.15, 0.2) is 116 Å². The quantitative estimate of drug-likeness (QED) is 0.0680. The second kappa shape index (κ2) is 19.7. The van der Waals surface area contributed by atoms with Gasteiger partial charge in [0.2, 0.25) is 11.8 Å². The number of nitrogens with one attached hydrogen (secondary N) is 3. The maximum atomic E-state index is 13.9. The maximum Gasteiger partial charge on any atom is 0.407 e. The molecular weight excluding hydrogens is 737 g/mol. The first-order chi connectivity index (χ1) is 28.2. The molecule has 4 aromatic carbocycles. The van der Waals surface area contributed by atoms with Crippen molar-refractivity contribution < 1.29 is 38.6 Å². The average Bonchev–Trinajstić information content (AvgIpc) is 3.85. The van der Waals surface area contributed by atoms with Crippen molar-refractivity contribution in [3.8, 4) is 11.1 Å². The first-order valence-corrected chi connectivity index (χ1v) is 19.7. The Balaban J connectivity index is 1.14. The SMILES string of the molecule is C=CCC[C@H](NC(=O)OCC1c2ccccc2-c2ccccc21)C(=O)OC[C@H](NC(=O)[C@H](CC=C)CC(=O)N1CCC[C@H]1CO)C(=O)Nc1ccc2ccccc2c1. The molecule has 0 aromatic heterocycles. The second-order valence-corrected chi connectivity index (χ2v) is 14.6. The molecule has 4 amide bonds. The number of carbonyl (C=O) groups is 5. The summed E-state index contributed by atoms with van der Waals surface area (Å²) in [6.07, 6.45) is 4.21. The molecule has 1 fully saturated rings. The summed E-state index contributed by atoms with van der Waals surface area (Å²) in [5.41, 5.74) is 4.70. The molecule has 4 N–H and O–H groups in total. The van der Waals surface area contributed by atoms with Crippen molar-refractivity contribution in [2.45, 2.75) is 62.6 Å². The summed E-state index contributed by atoms with van der Waals surface area (Å²) in [5, 5.41) is 19.7. The molecule has 4 atom stereocenters. The number of aliphatic hydroxyl groups excluding tert-OH is 1. The fourth-order valence-corrected chi connectivity index (χ4v) is 7.72. The lowest BCUT2D eigenvalue weighted by Crippen LogP contribution is -2.51. The third-order valence-corrected chi connectivity index (χ3v) is 10.8. The Hall–Kier alpha value is -6.27. The van der Waals surface area contributed by atoms with E-state index in [-0.39, 0.29) is 50.3 Å². The van der Waals surface area contributed by atoms with Crippen LogP contribution < -0.4 is 16.0 Å². The molecule has 6 rings (SSSR count). The van der Waals surface area contributed by atoms with E-state index in [1.165, 1.54) is 6.08 Å². The predicted molar refractivity (Wildman–Crippen MR) is 222 cm³/mol. The minimum absolute atomic E-state index is 0.0406. The molecule has 0 bridgehead atoms. The normalized spacial score (nSPS) is 15.9. The number of carbonyl (C=O) groups excluding carboxylic acids is 5. The minimum Gasteiger partial charge on any atom is -0.461 e. The van der Waals surface area contributed by atoms with Gasteiger partial charge in [0.1, 0.15) is 25.3 Å². The number of esters is 1. The number of amides is 4. The van der Waals surface area contributed by atoms with Crippen LogP contribution in [0, 0.1) is 5.92 Å². The van der Waals surface area contributed by atoms with Crippen LogP contribution in [0.1, 0.15) is 55.6 Å². The summed E-state index contributed by atoms with van der Waals surface area (Å²) >= 11 is 0. The third kappa shape index (κ3) is 9.99. The third-order valence-electron chi connectivity index (χ3n) is 10.8. The monoisotopic (exact) mass is 786 g/mol. The van der Waals surface area contributed by atoms with Gasteiger partial charge in [-0.15, -0.1) is 13.2 Å². The predicted octanol–water partition coefficient (Wildman–Crippen LogP) is 6.25. The van der Waals surface area contributed by atoms with E-state index >= 15 is 0 Å². The Morgan fingerprint density at radius 3 is 2.19 bits per heavy atom. The Bertz CT molecular complexity index is 2110. The van der Waals surface area contributed by atoms with Crippen molar-refractivity contribution in [1.82, 2.24) is 15.5 Å². The molecule has 1 aliphatic carbocycles. The molecule has 0 unspecified atom stereocenters. The number of likely N-dealkylation sites (tertiary alicyclic amines) is 1. The summed E-state index contributed by atoms with van der Waals surface area (Å²) in [6, 6.07) is 26.0. The molecule has 0 saturated carbocycles. The van der Waals surface area contributed by atoms with E-state index < -0.39 is 48.5 Å². The van der Waals surface area contributed by atoms with Gasteiger partial charge in [-0.2, -0.15) is 0 Å². The first kappa shape index (κ1) is 41.4. The Morgan fingerprint density at radius 1 is 0.810 bits per heavy atom. The molecule has 0 spiro atoms. The highest BCUT2D eigenvalue weighted by atomic mass is 16.6. The Morgan fingerprint density at radius 2 is 1.50 bits per heavy atom. The van der Waals surface area contributed by atoms with Gasteiger partial charge in [-0.05, 0) is 77.3 Å². The maximum absolute atomic E-state index is 13.9. The van der Waals surface area contributed by atoms with E-state index in [9.17, 15) is 29.1 Å². The molecule has 2 aliphatic rings. The van der Waals surface area contributed by atoms with E-state index in [1.807, 2.05) is 78.9 Å². The smallest absolute Gasteiger partial charge is 0.407 e. The van der Waals surface area contributed by atoms with Gasteiger partial charge < -0.3 is 35.4 Å². The number of benzene rings is 4. The van der Waals surface area contributed by atoms with Crippen LogP contribution in [0.25, 0.3) is 21.9 Å². The lowest BCUT2D eigenvalue weighted by Gasteiger charge is -2.26. The number of aliphatic hydroxyl groups is 1. The van der Waals surface area contributed by atoms with Crippen molar-refractivity contribution in [1.29, 1.82) is 0 Å². The number of allylic oxidation sites excluding steroid dienone is 2. The number of nitrogens with zero attached hydrogens (tertiary/aromatic N) is 1. The van der Waals surface area contributed by atoms with Crippen LogP contribution >= 0.6 is 0 Å². The van der Waals surface area contributed by atoms with Gasteiger partial charge in [-0.3, -0.25) is 14.4 Å². The van der Waals surface area contributed by atoms with Crippen molar-refractivity contribution in [3.05, 3.63) is 127 Å². The van der Waals surface area contributed by atoms with Gasteiger partial charge in [-0.25, -0.2) is 9.59 Å². The Kier molecular flexibility index (Phi) is 14.1. The van der Waals surface area contributed by atoms with Gasteiger partial charge in [0.25, 0.3) is 5.91 Å². The summed E-state index contributed by atoms with van der Waals surface area (Å²) in [7, 11) is 0. The largest absolute Gasteiger partial charge is 0.461 e. The average molecular weight is 787 g/mol. The van der Waals surface area contributed by atoms with Crippen molar-refractivity contribution in [2.75, 3.05) is 31.7 Å². The van der Waals surface area contributed by atoms with E-state index in [0.29, 0.717) is 25.1 Å². The number of ether oxygens (including phenoxy) is 2. The number of hydrogen-bond acceptors (Lipinski definition) is 8. The zero-order valence-corrected chi connectivity index (χ0v) is 32.4. The van der Waals surface area contributed by atoms with E-state index in [0.717, 1.165) is 39.4 Å². The Labute approximate surface area is 338 Å². The topological polar surface area (TPSA) is 163 Å². The second-order valence-electron chi connectivity index (χ2n) is 14.6. The lowest BCUT2D eigenvalue weighted by atomic mass is 9.98. The number of rotatable bonds is 18. The van der Waals surface area contributed by atoms with Crippen molar-refractivity contribution in [2.24, 2.45) is 5.92 Å². The fraction of sp³-hybridized carbons (Fsp3) is 0.326. The van der Waals surface area contributed by atoms with Gasteiger partial charge in [0, 0.05) is 24.6 Å². The van der Waals surface area contributed by atoms with Crippen LogP contribution in [0.3, 0.4) is 0 Å². The summed E-state index contributed by atoms with van der Waals surface area (Å²) < 4.78 is 11.3. The molecular formula is C46H50N4O8. The number of fused-ring (bicyclic) bond motifs is 4. The molecule has 1 aliphatic heterocycles. The van der Waals surface area contributed by atoms with Crippen LogP contribution in [0.2, 0.25) is 0 Å². The van der Waals surface area contributed by atoms with Gasteiger partial charge >= 0.3 is 12.1 Å². The molecule has 1 heterocycles. The molecule has 12 nitrogen and oxygen atoms in total. The van der Waals surface area contributed by atoms with Gasteiger partial charge in [0.05, 0.1) is 18.6 Å². The molecule has 4 aromatic rings. The van der Waals surface area contributed by atoms with Gasteiger partial charge in [-0.1, -0.05) is 91.0 Å². The van der Waals surface area contributed by atoms with Crippen molar-refractivity contribution >= 4 is 46.2 Å². The fourth-order valence-electron chi connectivity index (χ4n) is 7.72. The van der Waals surface area contributed by atoms with E-state index in [4.69, 9.17) is 9.47 Å². The minimum atomic E-state index is -1.38. The summed E-state index contributed by atoms with van der Waals surface area (Å²) in [5.74, 6) is -3.46. The summed E-state index contributed by atoms with van der Waals surface area (Å²) in [6.45, 7) is 7.26. The summed E-state index contributed by atoms with van der Waals surface area (Å²) in [4.78, 5) is 69.3. The molecule has 12 heteroatoms. The zero-order chi connectivity index (χ0) is 41.0. The van der Waals surface area contributed by atoms with Crippen LogP contribution in [0.5, 0.6) is 0 Å². The molecule has 1 saturated heterocycles. The van der Waals surface area contributed by atoms with Crippen LogP contribution in [0.4, 0.5) is 10.5 Å². The highest BCUT2D eigenvalue weighted by Gasteiger charge is 2.34. The lowest BCUT2D eigenvalue weighted by molar-refractivity contribution is -0.148. The van der Waals surface area contributed by atoms with Crippen LogP contribution in [-0.4, -0.2) is 84.3 Å². The number of hydrogen-bond donors (Lipinski definition) is 4. The van der Waals surface area contributed by atoms with E-state index in [2.05, 4.69) is 29.1 Å². The van der Waals surface area contributed by atoms with Crippen LogP contribution in [-0.2, 0) is 28.7 Å². The molecule has 58 heavy (non-hydrogen) atoms. The molecule has 302 valence electrons. The number of anilines is 1. The molecule has 0 radical (unpaired) electrons. The van der Waals surface area contributed by atoms with Gasteiger partial charge in [0.15, 0.2) is 0 Å². The number of alkyl carbamates (subject to hydrolysis) is 1. The zero-order valence-electron chi connectivity index (χ0n) is 32.4. The van der Waals surface area contributed by atoms with E-state index in [1.54, 1.807) is 23.1 Å². The van der Waals surface area contributed by atoms with Crippen molar-refractivity contribution in [3.63, 3.8) is 0 Å².